The van der Waals surface area contributed by atoms with Gasteiger partial charge in [-0.2, -0.15) is 0 Å². The first-order valence-corrected chi connectivity index (χ1v) is 1.41. The van der Waals surface area contributed by atoms with Crippen LogP contribution in [0.1, 0.15) is 1.43 Å². The van der Waals surface area contributed by atoms with Crippen molar-refractivity contribution in [2.45, 2.75) is 0 Å². The Morgan fingerprint density at radius 3 is 2.43 bits per heavy atom. The number of carbonyl (C=O) groups excluding carboxylic acids is 1. The molecule has 4 nitrogen and oxygen atoms in total. The molecule has 0 spiro atoms. The SMILES string of the molecule is NNC(=O)CO.[H-].[Na+]. The largest absolute Gasteiger partial charge is 1.00 e. The summed E-state index contributed by atoms with van der Waals surface area (Å²) in [6.45, 7) is -0.545. The van der Waals surface area contributed by atoms with Crippen LogP contribution in [0.3, 0.4) is 0 Å². The van der Waals surface area contributed by atoms with E-state index in [-0.39, 0.29) is 31.0 Å². The van der Waals surface area contributed by atoms with E-state index in [9.17, 15) is 4.79 Å². The molecule has 0 radical (unpaired) electrons. The molecule has 0 heterocycles. The van der Waals surface area contributed by atoms with E-state index in [0.717, 1.165) is 0 Å². The van der Waals surface area contributed by atoms with Gasteiger partial charge in [0.25, 0.3) is 5.91 Å². The normalized spacial score (nSPS) is 6.57. The van der Waals surface area contributed by atoms with Crippen LogP contribution in [0.15, 0.2) is 0 Å². The van der Waals surface area contributed by atoms with Crippen molar-refractivity contribution in [2.24, 2.45) is 5.84 Å². The summed E-state index contributed by atoms with van der Waals surface area (Å²) in [6.07, 6.45) is 0. The summed E-state index contributed by atoms with van der Waals surface area (Å²) in [7, 11) is 0. The Hall–Kier alpha value is 0.390. The minimum absolute atomic E-state index is 0. The standard InChI is InChI=1S/C2H6N2O2.Na.H/c3-4-2(6)1-5;;/h5H,1,3H2,(H,4,6);;/q;+1;-1. The van der Waals surface area contributed by atoms with Gasteiger partial charge in [0.15, 0.2) is 0 Å². The average molecular weight is 114 g/mol. The van der Waals surface area contributed by atoms with E-state index in [1.807, 2.05) is 0 Å². The quantitative estimate of drug-likeness (QED) is 0.138. The minimum atomic E-state index is -0.574. The van der Waals surface area contributed by atoms with Crippen molar-refractivity contribution in [3.8, 4) is 0 Å². The van der Waals surface area contributed by atoms with Crippen molar-refractivity contribution in [3.63, 3.8) is 0 Å². The topological polar surface area (TPSA) is 75.3 Å². The molecule has 0 aromatic carbocycles. The van der Waals surface area contributed by atoms with Crippen molar-refractivity contribution < 1.29 is 40.9 Å². The Morgan fingerprint density at radius 1 is 2.00 bits per heavy atom. The zero-order chi connectivity index (χ0) is 4.99. The van der Waals surface area contributed by atoms with Crippen LogP contribution >= 0.6 is 0 Å². The number of carbonyl (C=O) groups is 1. The summed E-state index contributed by atoms with van der Waals surface area (Å²) in [6, 6.07) is 0. The first-order chi connectivity index (χ1) is 2.81. The molecular weight excluding hydrogens is 107 g/mol. The second-order valence-electron chi connectivity index (χ2n) is 0.726. The van der Waals surface area contributed by atoms with Gasteiger partial charge in [0, 0.05) is 0 Å². The van der Waals surface area contributed by atoms with E-state index in [2.05, 4.69) is 5.84 Å². The van der Waals surface area contributed by atoms with Crippen molar-refractivity contribution in [3.05, 3.63) is 0 Å². The van der Waals surface area contributed by atoms with E-state index in [1.165, 1.54) is 0 Å². The van der Waals surface area contributed by atoms with Gasteiger partial charge in [-0.05, 0) is 0 Å². The zero-order valence-corrected chi connectivity index (χ0v) is 6.14. The van der Waals surface area contributed by atoms with Crippen LogP contribution in [0.4, 0.5) is 0 Å². The van der Waals surface area contributed by atoms with Crippen LogP contribution in [0.5, 0.6) is 0 Å². The van der Waals surface area contributed by atoms with Gasteiger partial charge < -0.3 is 6.53 Å². The van der Waals surface area contributed by atoms with Crippen molar-refractivity contribution in [1.29, 1.82) is 0 Å². The Morgan fingerprint density at radius 2 is 2.43 bits per heavy atom. The van der Waals surface area contributed by atoms with E-state index >= 15 is 0 Å². The number of nitrogens with one attached hydrogen (secondary N) is 1. The third kappa shape index (κ3) is 6.39. The predicted octanol–water partition coefficient (Wildman–Crippen LogP) is -4.91. The van der Waals surface area contributed by atoms with Crippen LogP contribution < -0.4 is 40.8 Å². The molecule has 0 saturated carbocycles. The second-order valence-corrected chi connectivity index (χ2v) is 0.726. The molecular formula is C2H7N2NaO2. The number of hydrogen-bond donors (Lipinski definition) is 3. The molecule has 1 amide bonds. The summed E-state index contributed by atoms with van der Waals surface area (Å²) in [5.74, 6) is 3.95. The number of rotatable bonds is 1. The van der Waals surface area contributed by atoms with Crippen LogP contribution in [0.2, 0.25) is 0 Å². The number of amides is 1. The molecule has 5 heteroatoms. The number of aliphatic hydroxyl groups excluding tert-OH is 1. The molecule has 0 bridgehead atoms. The summed E-state index contributed by atoms with van der Waals surface area (Å²) in [5, 5.41) is 7.84. The van der Waals surface area contributed by atoms with Gasteiger partial charge in [-0.15, -0.1) is 0 Å². The molecule has 4 N–H and O–H groups in total. The molecule has 38 valence electrons. The van der Waals surface area contributed by atoms with E-state index in [0.29, 0.717) is 0 Å². The Balaban J connectivity index is -0.000000125. The zero-order valence-electron chi connectivity index (χ0n) is 5.14. The number of hydrogen-bond acceptors (Lipinski definition) is 3. The second kappa shape index (κ2) is 6.39. The molecule has 0 aliphatic rings. The third-order valence-corrected chi connectivity index (χ3v) is 0.305. The summed E-state index contributed by atoms with van der Waals surface area (Å²) < 4.78 is 0. The fraction of sp³-hybridized carbons (Fsp3) is 0.500. The molecule has 0 aromatic heterocycles. The average Bonchev–Trinajstić information content (AvgIpc) is 1.65. The van der Waals surface area contributed by atoms with Crippen LogP contribution in [-0.4, -0.2) is 17.6 Å². The van der Waals surface area contributed by atoms with Gasteiger partial charge in [0.1, 0.15) is 6.61 Å². The van der Waals surface area contributed by atoms with Gasteiger partial charge in [-0.3, -0.25) is 10.2 Å². The van der Waals surface area contributed by atoms with Crippen LogP contribution in [-0.2, 0) is 4.79 Å². The molecule has 0 unspecified atom stereocenters. The molecule has 0 atom stereocenters. The van der Waals surface area contributed by atoms with Crippen molar-refractivity contribution in [1.82, 2.24) is 5.43 Å². The van der Waals surface area contributed by atoms with Crippen molar-refractivity contribution in [2.75, 3.05) is 6.61 Å². The molecule has 0 aliphatic carbocycles. The fourth-order valence-corrected chi connectivity index (χ4v) is 0.0456. The smallest absolute Gasteiger partial charge is 1.00 e. The number of aliphatic hydroxyl groups is 1. The predicted molar refractivity (Wildman–Crippen MR) is 20.5 cm³/mol. The summed E-state index contributed by atoms with van der Waals surface area (Å²) in [5.41, 5.74) is 1.73. The van der Waals surface area contributed by atoms with E-state index < -0.39 is 12.5 Å². The fourth-order valence-electron chi connectivity index (χ4n) is 0.0456. The van der Waals surface area contributed by atoms with Crippen molar-refractivity contribution >= 4 is 5.91 Å². The maximum absolute atomic E-state index is 9.69. The van der Waals surface area contributed by atoms with Gasteiger partial charge in [0.2, 0.25) is 0 Å². The molecule has 0 rings (SSSR count). The third-order valence-electron chi connectivity index (χ3n) is 0.305. The Labute approximate surface area is 64.8 Å². The molecule has 0 aromatic rings. The van der Waals surface area contributed by atoms with Crippen LogP contribution in [0.25, 0.3) is 0 Å². The molecule has 0 saturated heterocycles. The summed E-state index contributed by atoms with van der Waals surface area (Å²) in [4.78, 5) is 9.69. The first-order valence-electron chi connectivity index (χ1n) is 1.41. The van der Waals surface area contributed by atoms with Crippen LogP contribution in [0, 0.1) is 0 Å². The maximum Gasteiger partial charge on any atom is 1.00 e. The van der Waals surface area contributed by atoms with Gasteiger partial charge in [-0.25, -0.2) is 5.84 Å². The number of nitrogens with two attached hydrogens (primary N) is 1. The van der Waals surface area contributed by atoms with E-state index in [1.54, 1.807) is 5.43 Å². The minimum Gasteiger partial charge on any atom is -1.00 e. The Kier molecular flexibility index (Phi) is 9.48. The Bertz CT molecular complexity index is 56.0. The van der Waals surface area contributed by atoms with E-state index in [4.69, 9.17) is 5.11 Å². The monoisotopic (exact) mass is 114 g/mol. The molecule has 0 fully saturated rings. The molecule has 7 heavy (non-hydrogen) atoms. The maximum atomic E-state index is 9.69. The summed E-state index contributed by atoms with van der Waals surface area (Å²) >= 11 is 0. The van der Waals surface area contributed by atoms with Gasteiger partial charge in [0.05, 0.1) is 0 Å². The molecule has 0 aliphatic heterocycles. The van der Waals surface area contributed by atoms with Gasteiger partial charge in [-0.1, -0.05) is 0 Å². The first kappa shape index (κ1) is 10.4. The number of hydrazine groups is 1. The van der Waals surface area contributed by atoms with Gasteiger partial charge >= 0.3 is 29.6 Å².